The van der Waals surface area contributed by atoms with Gasteiger partial charge in [-0.2, -0.15) is 5.10 Å². The van der Waals surface area contributed by atoms with E-state index < -0.39 is 11.4 Å². The molecule has 3 N–H and O–H groups in total. The lowest BCUT2D eigenvalue weighted by Gasteiger charge is -2.36. The number of carboxylic acid groups (broad SMARTS) is 1. The van der Waals surface area contributed by atoms with Crippen LogP contribution in [-0.2, 0) is 11.8 Å². The second-order valence-corrected chi connectivity index (χ2v) is 10.4. The number of nitrogens with zero attached hydrogens (tertiary/aromatic N) is 6. The van der Waals surface area contributed by atoms with E-state index in [1.807, 2.05) is 31.1 Å². The molecule has 192 valence electrons. The summed E-state index contributed by atoms with van der Waals surface area (Å²) in [7, 11) is 1.87. The fraction of sp³-hybridized carbons (Fsp3) is 0.360. The predicted molar refractivity (Wildman–Crippen MR) is 143 cm³/mol. The molecule has 4 aromatic rings. The second kappa shape index (κ2) is 9.77. The molecule has 37 heavy (non-hydrogen) atoms. The van der Waals surface area contributed by atoms with E-state index in [0.717, 1.165) is 32.5 Å². The minimum Gasteiger partial charge on any atom is -0.481 e. The van der Waals surface area contributed by atoms with E-state index in [1.165, 1.54) is 11.3 Å². The summed E-state index contributed by atoms with van der Waals surface area (Å²) in [5, 5.41) is 19.8. The van der Waals surface area contributed by atoms with Crippen LogP contribution >= 0.6 is 11.3 Å². The molecule has 1 fully saturated rings. The number of aromatic nitrogens is 5. The average Bonchev–Trinajstić information content (AvgIpc) is 3.49. The van der Waals surface area contributed by atoms with Crippen molar-refractivity contribution in [3.63, 3.8) is 0 Å². The van der Waals surface area contributed by atoms with E-state index in [9.17, 15) is 14.7 Å². The van der Waals surface area contributed by atoms with Gasteiger partial charge in [0.1, 0.15) is 0 Å². The topological polar surface area (TPSA) is 138 Å². The maximum atomic E-state index is 12.0. The largest absolute Gasteiger partial charge is 0.481 e. The molecular formula is C25H28N8O3S. The Hall–Kier alpha value is -4.06. The summed E-state index contributed by atoms with van der Waals surface area (Å²) in [5.74, 6) is -0.165. The van der Waals surface area contributed by atoms with Crippen LogP contribution in [0.1, 0.15) is 26.7 Å². The summed E-state index contributed by atoms with van der Waals surface area (Å²) in [5.41, 5.74) is 3.66. The number of aryl methyl sites for hydroxylation is 1. The number of benzene rings is 1. The number of hydrogen-bond acceptors (Lipinski definition) is 8. The number of rotatable bonds is 6. The van der Waals surface area contributed by atoms with Crippen molar-refractivity contribution in [3.05, 3.63) is 36.9 Å². The number of carboxylic acids is 1. The molecular weight excluding hydrogens is 492 g/mol. The molecule has 0 spiro atoms. The summed E-state index contributed by atoms with van der Waals surface area (Å²) in [6.45, 7) is 5.37. The maximum Gasteiger partial charge on any atom is 0.321 e. The highest BCUT2D eigenvalue weighted by atomic mass is 32.1. The van der Waals surface area contributed by atoms with E-state index in [2.05, 4.69) is 36.8 Å². The van der Waals surface area contributed by atoms with Crippen molar-refractivity contribution in [2.45, 2.75) is 26.7 Å². The molecule has 11 nitrogen and oxygen atoms in total. The molecule has 0 aliphatic carbocycles. The summed E-state index contributed by atoms with van der Waals surface area (Å²) in [6.07, 6.45) is 8.40. The van der Waals surface area contributed by atoms with Crippen molar-refractivity contribution >= 4 is 44.6 Å². The average molecular weight is 521 g/mol. The molecule has 0 atom stereocenters. The molecule has 1 saturated heterocycles. The van der Waals surface area contributed by atoms with Crippen LogP contribution in [0.2, 0.25) is 0 Å². The summed E-state index contributed by atoms with van der Waals surface area (Å²) >= 11 is 1.41. The zero-order valence-electron chi connectivity index (χ0n) is 20.9. The number of hydrogen-bond donors (Lipinski definition) is 3. The third-order valence-corrected chi connectivity index (χ3v) is 7.72. The van der Waals surface area contributed by atoms with Crippen LogP contribution in [0.5, 0.6) is 0 Å². The van der Waals surface area contributed by atoms with Gasteiger partial charge in [0.2, 0.25) is 5.95 Å². The first-order valence-corrected chi connectivity index (χ1v) is 12.9. The molecule has 2 amide bonds. The fourth-order valence-corrected chi connectivity index (χ4v) is 5.35. The van der Waals surface area contributed by atoms with Gasteiger partial charge in [-0.1, -0.05) is 11.3 Å². The van der Waals surface area contributed by atoms with Gasteiger partial charge >= 0.3 is 12.0 Å². The van der Waals surface area contributed by atoms with Gasteiger partial charge in [-0.05, 0) is 44.4 Å². The van der Waals surface area contributed by atoms with Crippen molar-refractivity contribution < 1.29 is 14.7 Å². The number of fused-ring (bicyclic) bond motifs is 1. The number of urea groups is 1. The normalized spacial score (nSPS) is 15.1. The van der Waals surface area contributed by atoms with E-state index in [-0.39, 0.29) is 6.03 Å². The molecule has 4 heterocycles. The Balaban J connectivity index is 1.46. The highest BCUT2D eigenvalue weighted by molar-refractivity contribution is 7.22. The number of thiazole rings is 1. The Morgan fingerprint density at radius 3 is 2.46 bits per heavy atom. The van der Waals surface area contributed by atoms with Gasteiger partial charge in [0.15, 0.2) is 5.13 Å². The lowest BCUT2D eigenvalue weighted by molar-refractivity contribution is -0.149. The van der Waals surface area contributed by atoms with Crippen molar-refractivity contribution in [1.82, 2.24) is 30.0 Å². The Morgan fingerprint density at radius 1 is 1.11 bits per heavy atom. The van der Waals surface area contributed by atoms with Crippen molar-refractivity contribution in [2.75, 3.05) is 29.9 Å². The molecule has 0 bridgehead atoms. The lowest BCUT2D eigenvalue weighted by atomic mass is 9.80. The highest BCUT2D eigenvalue weighted by Gasteiger charge is 2.37. The van der Waals surface area contributed by atoms with Gasteiger partial charge in [0.05, 0.1) is 21.8 Å². The first-order chi connectivity index (χ1) is 17.8. The van der Waals surface area contributed by atoms with Gasteiger partial charge in [0.25, 0.3) is 0 Å². The SMILES string of the molecule is CCNC(=O)Nc1nc2cc(-c3cnc(N4CCC(C)(C(=O)O)CC4)nc3)cc(-c3cnn(C)c3)c2s1. The Labute approximate surface area is 217 Å². The van der Waals surface area contributed by atoms with Crippen molar-refractivity contribution in [2.24, 2.45) is 12.5 Å². The monoisotopic (exact) mass is 520 g/mol. The van der Waals surface area contributed by atoms with Crippen LogP contribution in [0.25, 0.3) is 32.5 Å². The standard InChI is InChI=1S/C25H28N8O3S/c1-4-26-23(36)31-24-30-19-10-15(9-18(20(19)37-24)17-13-29-32(3)14-17)16-11-27-22(28-12-16)33-7-5-25(2,6-8-33)21(34)35/h9-14H,4-8H2,1-3H3,(H,34,35)(H2,26,30,31,36). The molecule has 0 unspecified atom stereocenters. The number of anilines is 2. The third kappa shape index (κ3) is 4.96. The zero-order valence-corrected chi connectivity index (χ0v) is 21.7. The minimum atomic E-state index is -0.755. The van der Waals surface area contributed by atoms with Gasteiger partial charge in [-0.25, -0.2) is 19.7 Å². The van der Waals surface area contributed by atoms with Crippen LogP contribution in [0, 0.1) is 5.41 Å². The number of nitrogens with one attached hydrogen (secondary N) is 2. The Kier molecular flexibility index (Phi) is 6.50. The van der Waals surface area contributed by atoms with Crippen molar-refractivity contribution in [3.8, 4) is 22.3 Å². The third-order valence-electron chi connectivity index (χ3n) is 6.70. The smallest absolute Gasteiger partial charge is 0.321 e. The molecule has 5 rings (SSSR count). The number of piperidine rings is 1. The summed E-state index contributed by atoms with van der Waals surface area (Å²) in [4.78, 5) is 39.5. The fourth-order valence-electron chi connectivity index (χ4n) is 4.38. The van der Waals surface area contributed by atoms with Crippen molar-refractivity contribution in [1.29, 1.82) is 0 Å². The minimum absolute atomic E-state index is 0.296. The second-order valence-electron chi connectivity index (χ2n) is 9.40. The number of carbonyl (C=O) groups is 2. The van der Waals surface area contributed by atoms with Crippen LogP contribution in [-0.4, -0.2) is 61.5 Å². The molecule has 3 aromatic heterocycles. The predicted octanol–water partition coefficient (Wildman–Crippen LogP) is 3.99. The number of amides is 2. The summed E-state index contributed by atoms with van der Waals surface area (Å²) < 4.78 is 2.69. The molecule has 12 heteroatoms. The lowest BCUT2D eigenvalue weighted by Crippen LogP contribution is -2.43. The molecule has 0 saturated carbocycles. The van der Waals surface area contributed by atoms with E-state index in [4.69, 9.17) is 0 Å². The molecule has 1 aromatic carbocycles. The number of aliphatic carboxylic acids is 1. The maximum absolute atomic E-state index is 12.0. The van der Waals surface area contributed by atoms with E-state index in [1.54, 1.807) is 30.2 Å². The summed E-state index contributed by atoms with van der Waals surface area (Å²) in [6, 6.07) is 3.73. The van der Waals surface area contributed by atoms with E-state index in [0.29, 0.717) is 43.6 Å². The molecule has 1 aliphatic rings. The Morgan fingerprint density at radius 2 is 1.84 bits per heavy atom. The first-order valence-electron chi connectivity index (χ1n) is 12.0. The quantitative estimate of drug-likeness (QED) is 0.347. The van der Waals surface area contributed by atoms with Gasteiger partial charge in [-0.3, -0.25) is 14.8 Å². The highest BCUT2D eigenvalue weighted by Crippen LogP contribution is 2.39. The van der Waals surface area contributed by atoms with Crippen LogP contribution in [0.15, 0.2) is 36.9 Å². The Bertz CT molecular complexity index is 1450. The van der Waals surface area contributed by atoms with Crippen LogP contribution in [0.3, 0.4) is 0 Å². The van der Waals surface area contributed by atoms with Gasteiger partial charge < -0.3 is 15.3 Å². The molecule has 1 aliphatic heterocycles. The number of carbonyl (C=O) groups excluding carboxylic acids is 1. The van der Waals surface area contributed by atoms with Gasteiger partial charge in [-0.15, -0.1) is 0 Å². The van der Waals surface area contributed by atoms with Gasteiger partial charge in [0, 0.05) is 62.0 Å². The van der Waals surface area contributed by atoms with E-state index >= 15 is 0 Å². The van der Waals surface area contributed by atoms with Crippen LogP contribution in [0.4, 0.5) is 15.9 Å². The first kappa shape index (κ1) is 24.6. The van der Waals surface area contributed by atoms with Crippen LogP contribution < -0.4 is 15.5 Å². The zero-order chi connectivity index (χ0) is 26.2. The molecule has 0 radical (unpaired) electrons.